The molecule has 0 fully saturated rings. The van der Waals surface area contributed by atoms with Crippen LogP contribution in [0.4, 0.5) is 0 Å². The average molecular weight is 221 g/mol. The quantitative estimate of drug-likeness (QED) is 0.548. The summed E-state index contributed by atoms with van der Waals surface area (Å²) >= 11 is 0. The van der Waals surface area contributed by atoms with Crippen LogP contribution in [0.5, 0.6) is 5.75 Å². The zero-order valence-electron chi connectivity index (χ0n) is 9.31. The molecule has 1 rings (SSSR count). The second kappa shape index (κ2) is 6.71. The number of unbranched alkanes of at least 4 members (excludes halogenated alkanes) is 1. The Balaban J connectivity index is 2.56. The van der Waals surface area contributed by atoms with E-state index >= 15 is 0 Å². The first kappa shape index (κ1) is 12.4. The number of amides is 1. The minimum atomic E-state index is -0.661. The Morgan fingerprint density at radius 3 is 2.94 bits per heavy atom. The number of hydrogen-bond acceptors (Lipinski definition) is 3. The van der Waals surface area contributed by atoms with Gasteiger partial charge in [0.15, 0.2) is 0 Å². The highest BCUT2D eigenvalue weighted by Crippen LogP contribution is 2.14. The fourth-order valence-electron chi connectivity index (χ4n) is 1.29. The summed E-state index contributed by atoms with van der Waals surface area (Å²) in [6, 6.07) is 7.17. The van der Waals surface area contributed by atoms with Crippen molar-refractivity contribution in [3.05, 3.63) is 34.7 Å². The predicted octanol–water partition coefficient (Wildman–Crippen LogP) is 2.70. The third-order valence-corrected chi connectivity index (χ3v) is 2.12. The molecule has 1 aromatic carbocycles. The Morgan fingerprint density at radius 1 is 1.44 bits per heavy atom. The van der Waals surface area contributed by atoms with Gasteiger partial charge in [-0.2, -0.15) is 0 Å². The van der Waals surface area contributed by atoms with Crippen LogP contribution in [0.25, 0.3) is 0 Å². The van der Waals surface area contributed by atoms with E-state index in [2.05, 4.69) is 12.1 Å². The molecule has 0 saturated carbocycles. The largest absolute Gasteiger partial charge is 0.494 e. The van der Waals surface area contributed by atoms with Crippen molar-refractivity contribution in [3.8, 4) is 5.75 Å². The number of hydrogen-bond donors (Lipinski definition) is 0. The van der Waals surface area contributed by atoms with Gasteiger partial charge in [0.05, 0.1) is 13.0 Å². The summed E-state index contributed by atoms with van der Waals surface area (Å²) in [5, 5.41) is 2.36. The standard InChI is InChI=1S/C12H15NO3/c1-2-3-7-16-11-6-4-5-10(8-11)9-12(14)13-15/h4-6,8H,2-3,7,9H2,1H3. The van der Waals surface area contributed by atoms with E-state index in [1.165, 1.54) is 0 Å². The topological polar surface area (TPSA) is 55.7 Å². The highest BCUT2D eigenvalue weighted by atomic mass is 16.5. The van der Waals surface area contributed by atoms with Gasteiger partial charge in [0.2, 0.25) is 0 Å². The summed E-state index contributed by atoms with van der Waals surface area (Å²) in [5.74, 6) is 0.0651. The summed E-state index contributed by atoms with van der Waals surface area (Å²) in [7, 11) is 0. The van der Waals surface area contributed by atoms with Gasteiger partial charge >= 0.3 is 0 Å². The molecule has 0 aliphatic rings. The molecule has 0 spiro atoms. The molecule has 16 heavy (non-hydrogen) atoms. The van der Waals surface area contributed by atoms with Crippen molar-refractivity contribution in [2.24, 2.45) is 5.18 Å². The molecule has 0 radical (unpaired) electrons. The summed E-state index contributed by atoms with van der Waals surface area (Å²) < 4.78 is 5.48. The fourth-order valence-corrected chi connectivity index (χ4v) is 1.29. The van der Waals surface area contributed by atoms with Crippen LogP contribution in [0.1, 0.15) is 25.3 Å². The van der Waals surface area contributed by atoms with E-state index in [0.717, 1.165) is 24.2 Å². The van der Waals surface area contributed by atoms with Crippen molar-refractivity contribution >= 4 is 5.91 Å². The molecule has 86 valence electrons. The highest BCUT2D eigenvalue weighted by Gasteiger charge is 2.04. The van der Waals surface area contributed by atoms with Crippen LogP contribution in [0, 0.1) is 4.91 Å². The maximum absolute atomic E-state index is 10.8. The number of benzene rings is 1. The molecule has 0 N–H and O–H groups in total. The maximum Gasteiger partial charge on any atom is 0.290 e. The van der Waals surface area contributed by atoms with E-state index in [1.807, 2.05) is 6.07 Å². The zero-order chi connectivity index (χ0) is 11.8. The summed E-state index contributed by atoms with van der Waals surface area (Å²) in [5.41, 5.74) is 0.749. The van der Waals surface area contributed by atoms with Gasteiger partial charge in [-0.3, -0.25) is 4.79 Å². The van der Waals surface area contributed by atoms with Gasteiger partial charge in [-0.05, 0) is 24.1 Å². The smallest absolute Gasteiger partial charge is 0.290 e. The Hall–Kier alpha value is -1.71. The minimum absolute atomic E-state index is 0.0362. The molecular weight excluding hydrogens is 206 g/mol. The molecule has 0 aromatic heterocycles. The van der Waals surface area contributed by atoms with Crippen LogP contribution < -0.4 is 4.74 Å². The van der Waals surface area contributed by atoms with Crippen LogP contribution in [-0.2, 0) is 11.2 Å². The SMILES string of the molecule is CCCCOc1cccc(CC(=O)N=O)c1. The van der Waals surface area contributed by atoms with Crippen LogP contribution >= 0.6 is 0 Å². The second-order valence-corrected chi connectivity index (χ2v) is 3.51. The van der Waals surface area contributed by atoms with Gasteiger partial charge in [-0.1, -0.05) is 25.5 Å². The normalized spacial score (nSPS) is 9.81. The van der Waals surface area contributed by atoms with Crippen molar-refractivity contribution < 1.29 is 9.53 Å². The third-order valence-electron chi connectivity index (χ3n) is 2.12. The number of carbonyl (C=O) groups is 1. The lowest BCUT2D eigenvalue weighted by molar-refractivity contribution is -0.117. The molecule has 1 amide bonds. The maximum atomic E-state index is 10.8. The van der Waals surface area contributed by atoms with Gasteiger partial charge in [0.1, 0.15) is 5.75 Å². The van der Waals surface area contributed by atoms with Gasteiger partial charge in [0, 0.05) is 5.18 Å². The van der Waals surface area contributed by atoms with Crippen molar-refractivity contribution in [1.82, 2.24) is 0 Å². The summed E-state index contributed by atoms with van der Waals surface area (Å²) in [6.45, 7) is 2.76. The molecule has 0 aliphatic heterocycles. The van der Waals surface area contributed by atoms with Crippen molar-refractivity contribution in [2.45, 2.75) is 26.2 Å². The molecule has 4 heteroatoms. The molecule has 0 saturated heterocycles. The van der Waals surface area contributed by atoms with Crippen LogP contribution in [0.2, 0.25) is 0 Å². The summed E-state index contributed by atoms with van der Waals surface area (Å²) in [4.78, 5) is 20.8. The monoisotopic (exact) mass is 221 g/mol. The molecule has 0 aliphatic carbocycles. The van der Waals surface area contributed by atoms with E-state index in [1.54, 1.807) is 18.2 Å². The van der Waals surface area contributed by atoms with Crippen molar-refractivity contribution in [3.63, 3.8) is 0 Å². The number of nitrogens with zero attached hydrogens (tertiary/aromatic N) is 1. The van der Waals surface area contributed by atoms with Crippen LogP contribution in [0.3, 0.4) is 0 Å². The number of rotatable bonds is 6. The first-order valence-corrected chi connectivity index (χ1v) is 5.34. The number of carbonyl (C=O) groups excluding carboxylic acids is 1. The lowest BCUT2D eigenvalue weighted by Crippen LogP contribution is -2.00. The lowest BCUT2D eigenvalue weighted by atomic mass is 10.1. The Morgan fingerprint density at radius 2 is 2.25 bits per heavy atom. The lowest BCUT2D eigenvalue weighted by Gasteiger charge is -2.06. The first-order valence-electron chi connectivity index (χ1n) is 5.34. The number of ether oxygens (including phenoxy) is 1. The van der Waals surface area contributed by atoms with Gasteiger partial charge in [0.25, 0.3) is 5.91 Å². The second-order valence-electron chi connectivity index (χ2n) is 3.51. The highest BCUT2D eigenvalue weighted by molar-refractivity contribution is 5.79. The van der Waals surface area contributed by atoms with Gasteiger partial charge in [-0.25, -0.2) is 0 Å². The van der Waals surface area contributed by atoms with Crippen molar-refractivity contribution in [1.29, 1.82) is 0 Å². The van der Waals surface area contributed by atoms with E-state index in [0.29, 0.717) is 6.61 Å². The fraction of sp³-hybridized carbons (Fsp3) is 0.417. The Kier molecular flexibility index (Phi) is 5.19. The van der Waals surface area contributed by atoms with E-state index in [4.69, 9.17) is 4.74 Å². The van der Waals surface area contributed by atoms with Crippen molar-refractivity contribution in [2.75, 3.05) is 6.61 Å². The zero-order valence-corrected chi connectivity index (χ0v) is 9.31. The molecular formula is C12H15NO3. The number of nitroso groups, excluding NO2 is 1. The minimum Gasteiger partial charge on any atom is -0.494 e. The molecule has 1 aromatic rings. The Labute approximate surface area is 94.6 Å². The predicted molar refractivity (Wildman–Crippen MR) is 61.4 cm³/mol. The third kappa shape index (κ3) is 4.21. The molecule has 0 heterocycles. The van der Waals surface area contributed by atoms with E-state index in [-0.39, 0.29) is 6.42 Å². The molecule has 0 atom stereocenters. The molecule has 0 bridgehead atoms. The Bertz CT molecular complexity index is 363. The average Bonchev–Trinajstić information content (AvgIpc) is 2.30. The van der Waals surface area contributed by atoms with Crippen LogP contribution in [-0.4, -0.2) is 12.5 Å². The first-order chi connectivity index (χ1) is 7.76. The molecule has 0 unspecified atom stereocenters. The van der Waals surface area contributed by atoms with Gasteiger partial charge < -0.3 is 4.74 Å². The van der Waals surface area contributed by atoms with Gasteiger partial charge in [-0.15, -0.1) is 4.91 Å². The van der Waals surface area contributed by atoms with Crippen LogP contribution in [0.15, 0.2) is 29.4 Å². The summed E-state index contributed by atoms with van der Waals surface area (Å²) in [6.07, 6.45) is 2.11. The van der Waals surface area contributed by atoms with E-state index in [9.17, 15) is 9.70 Å². The van der Waals surface area contributed by atoms with E-state index < -0.39 is 5.91 Å². The molecule has 4 nitrogen and oxygen atoms in total.